The van der Waals surface area contributed by atoms with Crippen molar-refractivity contribution >= 4 is 51.2 Å². The van der Waals surface area contributed by atoms with Gasteiger partial charge in [-0.1, -0.05) is 0 Å². The number of hydrogen-bond acceptors (Lipinski definition) is 6. The predicted molar refractivity (Wildman–Crippen MR) is 160 cm³/mol. The maximum atomic E-state index is 5.27. The van der Waals surface area contributed by atoms with Gasteiger partial charge in [0.1, 0.15) is 0 Å². The van der Waals surface area contributed by atoms with E-state index in [4.69, 9.17) is 10.2 Å². The van der Waals surface area contributed by atoms with Crippen molar-refractivity contribution < 1.29 is 0 Å². The molecule has 4 aromatic rings. The Kier molecular flexibility index (Phi) is 4.88. The first-order valence-electron chi connectivity index (χ1n) is 12.1. The summed E-state index contributed by atoms with van der Waals surface area (Å²) in [6.07, 6.45) is 0. The van der Waals surface area contributed by atoms with E-state index in [0.29, 0.717) is 0 Å². The molecule has 7 rings (SSSR count). The van der Waals surface area contributed by atoms with Crippen LogP contribution in [0.15, 0.2) is 132 Å². The molecule has 9 heteroatoms. The third kappa shape index (κ3) is 2.62. The van der Waals surface area contributed by atoms with Crippen LogP contribution in [0.25, 0.3) is 0 Å². The molecule has 3 aliphatic rings. The Morgan fingerprint density at radius 2 is 0.865 bits per heavy atom. The summed E-state index contributed by atoms with van der Waals surface area (Å²) >= 11 is 4.44. The van der Waals surface area contributed by atoms with Gasteiger partial charge in [-0.2, -0.15) is 0 Å². The molecule has 3 heterocycles. The second-order valence-corrected chi connectivity index (χ2v) is 20.4. The Labute approximate surface area is 225 Å². The molecule has 0 radical (unpaired) electrons. The molecular weight excluding hydrogens is 562 g/mol. The van der Waals surface area contributed by atoms with Crippen LogP contribution in [0, 0.1) is 0 Å². The van der Waals surface area contributed by atoms with E-state index in [0.717, 1.165) is 22.8 Å². The number of halogens is 1. The summed E-state index contributed by atoms with van der Waals surface area (Å²) in [4.78, 5) is 0. The first-order chi connectivity index (χ1) is 18.0. The van der Waals surface area contributed by atoms with Crippen LogP contribution < -0.4 is 10.6 Å². The van der Waals surface area contributed by atoms with Gasteiger partial charge in [-0.3, -0.25) is 0 Å². The minimum atomic E-state index is -3.41. The molecule has 37 heavy (non-hydrogen) atoms. The normalized spacial score (nSPS) is 21.2. The van der Waals surface area contributed by atoms with E-state index < -0.39 is 13.5 Å². The predicted octanol–water partition coefficient (Wildman–Crippen LogP) is 6.24. The van der Waals surface area contributed by atoms with Gasteiger partial charge in [0, 0.05) is 0 Å². The summed E-state index contributed by atoms with van der Waals surface area (Å²) in [5.74, 6) is -1.48. The number of nitrogens with zero attached hydrogens (tertiary/aromatic N) is 6. The molecule has 0 amide bonds. The molecule has 1 saturated heterocycles. The Morgan fingerprint density at radius 3 is 1.22 bits per heavy atom. The standard InChI is InChI=1S/C28H26BrN6P2/c1-32-30-27(23-15-7-3-8-16-23)34-36(25-19-11-5-12-20-25,26-21-13-6-14-22-26)35-28(24-17-9-4-10-18-24)31-33(2)37(32,34,35)29/h3-22H,1-2H3/q+1. The summed E-state index contributed by atoms with van der Waals surface area (Å²) in [6, 6.07) is 42.8. The van der Waals surface area contributed by atoms with Crippen LogP contribution in [-0.2, 0) is 0 Å². The zero-order chi connectivity index (χ0) is 25.3. The zero-order valence-corrected chi connectivity index (χ0v) is 23.9. The molecule has 0 aliphatic carbocycles. The molecule has 1 spiro atoms. The quantitative estimate of drug-likeness (QED) is 0.265. The van der Waals surface area contributed by atoms with Crippen LogP contribution in [0.1, 0.15) is 11.1 Å². The zero-order valence-electron chi connectivity index (χ0n) is 20.5. The first kappa shape index (κ1) is 22.9. The van der Waals surface area contributed by atoms with Gasteiger partial charge >= 0.3 is 226 Å². The molecule has 0 unspecified atom stereocenters. The van der Waals surface area contributed by atoms with Crippen molar-refractivity contribution in [2.75, 3.05) is 14.1 Å². The number of hydrogen-bond donors (Lipinski definition) is 0. The van der Waals surface area contributed by atoms with Crippen molar-refractivity contribution in [3.63, 3.8) is 0 Å². The summed E-state index contributed by atoms with van der Waals surface area (Å²) in [5.41, 5.74) is 2.18. The molecule has 0 N–H and O–H groups in total. The Bertz CT molecular complexity index is 1430. The average molecular weight is 588 g/mol. The SMILES string of the molecule is CN1N=C(c2ccccc2)N2[P+](c3ccccc3)(c3ccccc3)N3C(c4ccccc4)=NN(C)P123Br. The number of benzene rings is 4. The third-order valence-electron chi connectivity index (χ3n) is 7.35. The number of amidine groups is 2. The second kappa shape index (κ2) is 7.88. The van der Waals surface area contributed by atoms with E-state index in [1.54, 1.807) is 0 Å². The van der Waals surface area contributed by atoms with Crippen LogP contribution >= 0.6 is 29.0 Å². The molecule has 0 aromatic heterocycles. The van der Waals surface area contributed by atoms with Gasteiger partial charge in [-0.05, 0) is 0 Å². The van der Waals surface area contributed by atoms with Crippen molar-refractivity contribution in [3.05, 3.63) is 132 Å². The number of rotatable bonds is 4. The van der Waals surface area contributed by atoms with Gasteiger partial charge in [-0.15, -0.1) is 0 Å². The Morgan fingerprint density at radius 1 is 0.541 bits per heavy atom. The van der Waals surface area contributed by atoms with Gasteiger partial charge in [-0.25, -0.2) is 0 Å². The van der Waals surface area contributed by atoms with Gasteiger partial charge < -0.3 is 0 Å². The second-order valence-electron chi connectivity index (χ2n) is 9.25. The van der Waals surface area contributed by atoms with E-state index in [2.05, 4.69) is 169 Å². The van der Waals surface area contributed by atoms with E-state index in [1.165, 1.54) is 10.6 Å². The van der Waals surface area contributed by atoms with Crippen LogP contribution in [0.4, 0.5) is 0 Å². The van der Waals surface area contributed by atoms with E-state index in [9.17, 15) is 0 Å². The Hall–Kier alpha value is -3.24. The molecule has 6 nitrogen and oxygen atoms in total. The van der Waals surface area contributed by atoms with Gasteiger partial charge in [0.15, 0.2) is 0 Å². The number of hydrazone groups is 2. The molecule has 1 fully saturated rings. The van der Waals surface area contributed by atoms with Crippen molar-refractivity contribution in [1.82, 2.24) is 18.4 Å². The van der Waals surface area contributed by atoms with Crippen molar-refractivity contribution in [2.45, 2.75) is 0 Å². The fraction of sp³-hybridized carbons (Fsp3) is 0.0714. The van der Waals surface area contributed by atoms with E-state index >= 15 is 0 Å². The topological polar surface area (TPSA) is 37.7 Å². The molecule has 0 atom stereocenters. The first-order valence-corrected chi connectivity index (χ1v) is 17.9. The molecular formula is C28H26BrN6P2+. The van der Waals surface area contributed by atoms with Gasteiger partial charge in [0.2, 0.25) is 0 Å². The van der Waals surface area contributed by atoms with Crippen LogP contribution in [-0.4, -0.2) is 44.2 Å². The monoisotopic (exact) mass is 587 g/mol. The third-order valence-corrected chi connectivity index (χ3v) is 24.4. The van der Waals surface area contributed by atoms with E-state index in [-0.39, 0.29) is 0 Å². The van der Waals surface area contributed by atoms with Crippen LogP contribution in [0.3, 0.4) is 0 Å². The van der Waals surface area contributed by atoms with Crippen molar-refractivity contribution in [1.29, 1.82) is 0 Å². The summed E-state index contributed by atoms with van der Waals surface area (Å²) < 4.78 is 9.49. The minimum absolute atomic E-state index is 0.964. The van der Waals surface area contributed by atoms with Gasteiger partial charge in [0.25, 0.3) is 0 Å². The molecule has 184 valence electrons. The summed E-state index contributed by atoms with van der Waals surface area (Å²) in [7, 11) is 1.71. The summed E-state index contributed by atoms with van der Waals surface area (Å²) in [6.45, 7) is 0. The molecule has 0 saturated carbocycles. The average Bonchev–Trinajstić information content (AvgIpc) is 3.30. The van der Waals surface area contributed by atoms with Crippen molar-refractivity contribution in [2.24, 2.45) is 10.2 Å². The summed E-state index contributed by atoms with van der Waals surface area (Å²) in [5, 5.41) is 13.1. The van der Waals surface area contributed by atoms with E-state index in [1.807, 2.05) is 0 Å². The molecule has 0 bridgehead atoms. The molecule has 3 aliphatic heterocycles. The van der Waals surface area contributed by atoms with Crippen molar-refractivity contribution in [3.8, 4) is 0 Å². The van der Waals surface area contributed by atoms with Gasteiger partial charge in [0.05, 0.1) is 0 Å². The maximum absolute atomic E-state index is 5.27. The Balaban J connectivity index is 1.59. The van der Waals surface area contributed by atoms with Crippen LogP contribution in [0.2, 0.25) is 0 Å². The fourth-order valence-corrected chi connectivity index (χ4v) is 23.7. The fourth-order valence-electron chi connectivity index (χ4n) is 5.74. The van der Waals surface area contributed by atoms with Crippen LogP contribution in [0.5, 0.6) is 0 Å². The molecule has 4 aromatic carbocycles.